The highest BCUT2D eigenvalue weighted by atomic mass is 32.2. The second-order valence-electron chi connectivity index (χ2n) is 6.08. The Balaban J connectivity index is 1.77. The lowest BCUT2D eigenvalue weighted by Crippen LogP contribution is -2.38. The number of rotatable bonds is 4. The highest BCUT2D eigenvalue weighted by Crippen LogP contribution is 2.27. The summed E-state index contributed by atoms with van der Waals surface area (Å²) in [7, 11) is -3.17. The van der Waals surface area contributed by atoms with E-state index in [0.29, 0.717) is 24.7 Å². The van der Waals surface area contributed by atoms with Crippen LogP contribution >= 0.6 is 0 Å². The molecule has 0 aromatic carbocycles. The number of piperidine rings is 1. The average Bonchev–Trinajstić information content (AvgIpc) is 2.54. The molecule has 24 heavy (non-hydrogen) atoms. The number of pyridine rings is 1. The van der Waals surface area contributed by atoms with Crippen molar-refractivity contribution in [2.45, 2.75) is 25.7 Å². The molecule has 1 saturated heterocycles. The van der Waals surface area contributed by atoms with E-state index in [0.717, 1.165) is 24.2 Å². The van der Waals surface area contributed by atoms with E-state index < -0.39 is 10.0 Å². The zero-order valence-electron chi connectivity index (χ0n) is 13.8. The van der Waals surface area contributed by atoms with Gasteiger partial charge in [-0.3, -0.25) is 4.98 Å². The third-order valence-electron chi connectivity index (χ3n) is 4.07. The van der Waals surface area contributed by atoms with Crippen LogP contribution in [0.3, 0.4) is 0 Å². The van der Waals surface area contributed by atoms with E-state index >= 15 is 0 Å². The Morgan fingerprint density at radius 1 is 1.21 bits per heavy atom. The number of sulfonamides is 1. The standard InChI is InChI=1S/C16H21N5O2S/c1-12-5-3-7-15(18-12)20-16-10-17-9-14(19-16)13-6-4-8-21(11-13)24(2,22)23/h3,5,7,9-10,13H,4,6,8,11H2,1-2H3,(H,18,19,20)/t13-/m1/s1. The summed E-state index contributed by atoms with van der Waals surface area (Å²) in [5, 5.41) is 3.15. The van der Waals surface area contributed by atoms with Crippen molar-refractivity contribution < 1.29 is 8.42 Å². The number of aromatic nitrogens is 3. The second kappa shape index (κ2) is 6.82. The minimum atomic E-state index is -3.17. The van der Waals surface area contributed by atoms with Crippen molar-refractivity contribution in [2.24, 2.45) is 0 Å². The third kappa shape index (κ3) is 4.07. The number of aryl methyl sites for hydroxylation is 1. The molecular formula is C16H21N5O2S. The molecule has 0 saturated carbocycles. The van der Waals surface area contributed by atoms with Gasteiger partial charge in [-0.05, 0) is 31.9 Å². The minimum Gasteiger partial charge on any atom is -0.324 e. The van der Waals surface area contributed by atoms with Crippen LogP contribution in [-0.4, -0.2) is 47.0 Å². The summed E-state index contributed by atoms with van der Waals surface area (Å²) < 4.78 is 25.1. The number of nitrogens with one attached hydrogen (secondary N) is 1. The first-order valence-electron chi connectivity index (χ1n) is 7.89. The normalized spacial score (nSPS) is 19.2. The molecule has 0 radical (unpaired) electrons. The van der Waals surface area contributed by atoms with Crippen LogP contribution in [0.2, 0.25) is 0 Å². The van der Waals surface area contributed by atoms with Crippen LogP contribution in [0, 0.1) is 6.92 Å². The maximum Gasteiger partial charge on any atom is 0.211 e. The first-order valence-corrected chi connectivity index (χ1v) is 9.74. The van der Waals surface area contributed by atoms with Gasteiger partial charge in [0.05, 0.1) is 18.1 Å². The summed E-state index contributed by atoms with van der Waals surface area (Å²) in [5.74, 6) is 1.39. The second-order valence-corrected chi connectivity index (χ2v) is 8.06. The molecule has 2 aromatic heterocycles. The molecule has 0 bridgehead atoms. The lowest BCUT2D eigenvalue weighted by atomic mass is 9.96. The van der Waals surface area contributed by atoms with Gasteiger partial charge in [0.15, 0.2) is 0 Å². The van der Waals surface area contributed by atoms with E-state index in [1.807, 2.05) is 25.1 Å². The fourth-order valence-electron chi connectivity index (χ4n) is 2.87. The molecule has 7 nitrogen and oxygen atoms in total. The van der Waals surface area contributed by atoms with Crippen molar-refractivity contribution >= 4 is 21.7 Å². The van der Waals surface area contributed by atoms with E-state index in [2.05, 4.69) is 20.3 Å². The summed E-state index contributed by atoms with van der Waals surface area (Å²) in [6.07, 6.45) is 6.35. The summed E-state index contributed by atoms with van der Waals surface area (Å²) in [4.78, 5) is 13.2. The molecule has 1 N–H and O–H groups in total. The third-order valence-corrected chi connectivity index (χ3v) is 5.34. The molecule has 128 valence electrons. The number of hydrogen-bond acceptors (Lipinski definition) is 6. The van der Waals surface area contributed by atoms with Crippen molar-refractivity contribution in [3.63, 3.8) is 0 Å². The van der Waals surface area contributed by atoms with Crippen molar-refractivity contribution in [1.82, 2.24) is 19.3 Å². The molecule has 3 heterocycles. The zero-order valence-corrected chi connectivity index (χ0v) is 14.6. The van der Waals surface area contributed by atoms with E-state index in [9.17, 15) is 8.42 Å². The maximum atomic E-state index is 11.8. The highest BCUT2D eigenvalue weighted by molar-refractivity contribution is 7.88. The molecule has 3 rings (SSSR count). The van der Waals surface area contributed by atoms with Gasteiger partial charge < -0.3 is 5.32 Å². The lowest BCUT2D eigenvalue weighted by molar-refractivity contribution is 0.314. The molecule has 0 unspecified atom stereocenters. The van der Waals surface area contributed by atoms with Gasteiger partial charge in [-0.15, -0.1) is 0 Å². The van der Waals surface area contributed by atoms with E-state index in [4.69, 9.17) is 0 Å². The van der Waals surface area contributed by atoms with Crippen LogP contribution in [0.1, 0.15) is 30.1 Å². The van der Waals surface area contributed by atoms with Gasteiger partial charge >= 0.3 is 0 Å². The molecule has 0 aliphatic carbocycles. The smallest absolute Gasteiger partial charge is 0.211 e. The van der Waals surface area contributed by atoms with Gasteiger partial charge in [-0.1, -0.05) is 6.07 Å². The van der Waals surface area contributed by atoms with Gasteiger partial charge in [0.25, 0.3) is 0 Å². The van der Waals surface area contributed by atoms with Crippen LogP contribution in [0.4, 0.5) is 11.6 Å². The first kappa shape index (κ1) is 16.8. The molecule has 8 heteroatoms. The molecule has 2 aromatic rings. The van der Waals surface area contributed by atoms with Gasteiger partial charge in [0.1, 0.15) is 11.6 Å². The van der Waals surface area contributed by atoms with Crippen molar-refractivity contribution in [3.05, 3.63) is 42.0 Å². The summed E-state index contributed by atoms with van der Waals surface area (Å²) in [6.45, 7) is 2.96. The molecule has 0 amide bonds. The molecule has 0 spiro atoms. The Hall–Kier alpha value is -2.06. The quantitative estimate of drug-likeness (QED) is 0.911. The van der Waals surface area contributed by atoms with Crippen molar-refractivity contribution in [2.75, 3.05) is 24.7 Å². The predicted octanol–water partition coefficient (Wildman–Crippen LogP) is 2.06. The van der Waals surface area contributed by atoms with Crippen LogP contribution < -0.4 is 5.32 Å². The van der Waals surface area contributed by atoms with Crippen molar-refractivity contribution in [1.29, 1.82) is 0 Å². The van der Waals surface area contributed by atoms with Crippen LogP contribution in [0.25, 0.3) is 0 Å². The van der Waals surface area contributed by atoms with Gasteiger partial charge in [0, 0.05) is 30.9 Å². The Morgan fingerprint density at radius 3 is 2.79 bits per heavy atom. The van der Waals surface area contributed by atoms with Crippen LogP contribution in [0.5, 0.6) is 0 Å². The number of hydrogen-bond donors (Lipinski definition) is 1. The highest BCUT2D eigenvalue weighted by Gasteiger charge is 2.27. The van der Waals surface area contributed by atoms with Gasteiger partial charge in [0.2, 0.25) is 10.0 Å². The minimum absolute atomic E-state index is 0.0631. The van der Waals surface area contributed by atoms with Crippen molar-refractivity contribution in [3.8, 4) is 0 Å². The Kier molecular flexibility index (Phi) is 4.77. The largest absolute Gasteiger partial charge is 0.324 e. The molecular weight excluding hydrogens is 326 g/mol. The zero-order chi connectivity index (χ0) is 17.2. The average molecular weight is 347 g/mol. The molecule has 1 atom stereocenters. The molecule has 1 fully saturated rings. The lowest BCUT2D eigenvalue weighted by Gasteiger charge is -2.30. The van der Waals surface area contributed by atoms with E-state index in [1.54, 1.807) is 12.4 Å². The summed E-state index contributed by atoms with van der Waals surface area (Å²) in [5.41, 5.74) is 1.72. The predicted molar refractivity (Wildman–Crippen MR) is 92.7 cm³/mol. The fraction of sp³-hybridized carbons (Fsp3) is 0.438. The molecule has 1 aliphatic rings. The Morgan fingerprint density at radius 2 is 2.04 bits per heavy atom. The summed E-state index contributed by atoms with van der Waals surface area (Å²) >= 11 is 0. The Labute approximate surface area is 142 Å². The van der Waals surface area contributed by atoms with Crippen LogP contribution in [0.15, 0.2) is 30.6 Å². The van der Waals surface area contributed by atoms with Crippen LogP contribution in [-0.2, 0) is 10.0 Å². The van der Waals surface area contributed by atoms with Gasteiger partial charge in [-0.2, -0.15) is 0 Å². The molecule has 1 aliphatic heterocycles. The number of anilines is 2. The van der Waals surface area contributed by atoms with Gasteiger partial charge in [-0.25, -0.2) is 22.7 Å². The van der Waals surface area contributed by atoms with E-state index in [-0.39, 0.29) is 5.92 Å². The fourth-order valence-corrected chi connectivity index (χ4v) is 3.78. The monoisotopic (exact) mass is 347 g/mol. The SMILES string of the molecule is Cc1cccc(Nc2cncc([C@@H]3CCCN(S(C)(=O)=O)C3)n2)n1. The number of nitrogens with zero attached hydrogens (tertiary/aromatic N) is 4. The summed E-state index contributed by atoms with van der Waals surface area (Å²) in [6, 6.07) is 5.72. The Bertz CT molecular complexity index is 825. The first-order chi connectivity index (χ1) is 11.4. The van der Waals surface area contributed by atoms with E-state index in [1.165, 1.54) is 10.6 Å². The maximum absolute atomic E-state index is 11.8. The topological polar surface area (TPSA) is 88.1 Å².